The molecule has 1 atom stereocenters. The Morgan fingerprint density at radius 1 is 1.41 bits per heavy atom. The van der Waals surface area contributed by atoms with Gasteiger partial charge in [0.2, 0.25) is 0 Å². The number of thiophene rings is 1. The van der Waals surface area contributed by atoms with Crippen LogP contribution in [0.1, 0.15) is 28.1 Å². The number of rotatable bonds is 9. The lowest BCUT2D eigenvalue weighted by Gasteiger charge is -2.25. The zero-order chi connectivity index (χ0) is 19.1. The zero-order valence-corrected chi connectivity index (χ0v) is 16.4. The van der Waals surface area contributed by atoms with E-state index >= 15 is 0 Å². The maximum atomic E-state index is 13.0. The molecule has 5 nitrogen and oxygen atoms in total. The molecule has 2 aromatic rings. The van der Waals surface area contributed by atoms with E-state index in [2.05, 4.69) is 6.58 Å². The van der Waals surface area contributed by atoms with Gasteiger partial charge in [-0.1, -0.05) is 24.8 Å². The van der Waals surface area contributed by atoms with E-state index in [4.69, 9.17) is 14.2 Å². The topological polar surface area (TPSA) is 48.0 Å². The molecule has 144 valence electrons. The smallest absolute Gasteiger partial charge is 0.264 e. The van der Waals surface area contributed by atoms with Crippen LogP contribution in [0.2, 0.25) is 0 Å². The normalized spacial score (nSPS) is 16.1. The van der Waals surface area contributed by atoms with Crippen LogP contribution in [-0.2, 0) is 11.3 Å². The summed E-state index contributed by atoms with van der Waals surface area (Å²) in [4.78, 5) is 15.6. The first-order valence-corrected chi connectivity index (χ1v) is 9.94. The number of benzene rings is 1. The van der Waals surface area contributed by atoms with Crippen LogP contribution in [0.15, 0.2) is 48.4 Å². The Balaban J connectivity index is 1.78. The summed E-state index contributed by atoms with van der Waals surface area (Å²) in [6.45, 7) is 5.93. The molecule has 0 saturated carbocycles. The zero-order valence-electron chi connectivity index (χ0n) is 15.6. The van der Waals surface area contributed by atoms with Crippen molar-refractivity contribution in [2.75, 3.05) is 26.9 Å². The Labute approximate surface area is 164 Å². The molecule has 0 unspecified atom stereocenters. The van der Waals surface area contributed by atoms with Gasteiger partial charge in [0.05, 0.1) is 18.1 Å². The van der Waals surface area contributed by atoms with Gasteiger partial charge < -0.3 is 19.1 Å². The molecule has 1 aromatic heterocycles. The Morgan fingerprint density at radius 3 is 2.96 bits per heavy atom. The van der Waals surface area contributed by atoms with E-state index in [1.807, 2.05) is 40.6 Å². The van der Waals surface area contributed by atoms with Crippen LogP contribution >= 0.6 is 11.3 Å². The SMILES string of the molecule is C=CCOc1ccc(CN(C[C@H]2CCCO2)C(=O)c2cccs2)cc1OC. The van der Waals surface area contributed by atoms with Crippen LogP contribution in [0.4, 0.5) is 0 Å². The van der Waals surface area contributed by atoms with E-state index in [9.17, 15) is 4.79 Å². The predicted molar refractivity (Wildman–Crippen MR) is 107 cm³/mol. The summed E-state index contributed by atoms with van der Waals surface area (Å²) >= 11 is 1.46. The first kappa shape index (κ1) is 19.5. The standard InChI is InChI=1S/C21H25NO4S/c1-3-10-26-18-9-8-16(13-19(18)24-2)14-22(15-17-6-4-11-25-17)21(23)20-7-5-12-27-20/h3,5,7-9,12-13,17H,1,4,6,10-11,14-15H2,2H3/t17-/m1/s1. The third-order valence-corrected chi connectivity index (χ3v) is 5.28. The molecule has 6 heteroatoms. The summed E-state index contributed by atoms with van der Waals surface area (Å²) in [7, 11) is 1.61. The summed E-state index contributed by atoms with van der Waals surface area (Å²) < 4.78 is 16.8. The summed E-state index contributed by atoms with van der Waals surface area (Å²) in [5.74, 6) is 1.35. The van der Waals surface area contributed by atoms with Crippen molar-refractivity contribution in [1.29, 1.82) is 0 Å². The number of hydrogen-bond acceptors (Lipinski definition) is 5. The molecule has 0 aliphatic carbocycles. The molecular weight excluding hydrogens is 362 g/mol. The molecule has 3 rings (SSSR count). The lowest BCUT2D eigenvalue weighted by Crippen LogP contribution is -2.36. The molecule has 2 heterocycles. The quantitative estimate of drug-likeness (QED) is 0.607. The highest BCUT2D eigenvalue weighted by atomic mass is 32.1. The molecule has 0 bridgehead atoms. The number of carbonyl (C=O) groups is 1. The molecule has 1 saturated heterocycles. The third kappa shape index (κ3) is 5.11. The highest BCUT2D eigenvalue weighted by Crippen LogP contribution is 2.29. The monoisotopic (exact) mass is 387 g/mol. The van der Waals surface area contributed by atoms with Gasteiger partial charge in [-0.3, -0.25) is 4.79 Å². The highest BCUT2D eigenvalue weighted by molar-refractivity contribution is 7.12. The molecule has 1 fully saturated rings. The lowest BCUT2D eigenvalue weighted by atomic mass is 10.1. The second-order valence-corrected chi connectivity index (χ2v) is 7.33. The van der Waals surface area contributed by atoms with Crippen molar-refractivity contribution in [3.05, 3.63) is 58.8 Å². The molecule has 1 amide bonds. The summed E-state index contributed by atoms with van der Waals surface area (Å²) in [6.07, 6.45) is 3.84. The molecule has 0 spiro atoms. The minimum absolute atomic E-state index is 0.0338. The van der Waals surface area contributed by atoms with Crippen molar-refractivity contribution in [2.24, 2.45) is 0 Å². The number of carbonyl (C=O) groups excluding carboxylic acids is 1. The molecule has 0 radical (unpaired) electrons. The minimum Gasteiger partial charge on any atom is -0.493 e. The van der Waals surface area contributed by atoms with Gasteiger partial charge in [-0.2, -0.15) is 0 Å². The fourth-order valence-corrected chi connectivity index (χ4v) is 3.80. The lowest BCUT2D eigenvalue weighted by molar-refractivity contribution is 0.0511. The summed E-state index contributed by atoms with van der Waals surface area (Å²) in [5.41, 5.74) is 0.987. The van der Waals surface area contributed by atoms with Crippen LogP contribution in [0, 0.1) is 0 Å². The second-order valence-electron chi connectivity index (χ2n) is 6.38. The minimum atomic E-state index is 0.0338. The largest absolute Gasteiger partial charge is 0.493 e. The van der Waals surface area contributed by atoms with Gasteiger partial charge in [-0.05, 0) is 42.0 Å². The van der Waals surface area contributed by atoms with E-state index < -0.39 is 0 Å². The van der Waals surface area contributed by atoms with Crippen LogP contribution in [0.5, 0.6) is 11.5 Å². The second kappa shape index (κ2) is 9.58. The van der Waals surface area contributed by atoms with E-state index in [0.717, 1.165) is 29.9 Å². The van der Waals surface area contributed by atoms with Crippen molar-refractivity contribution in [1.82, 2.24) is 4.90 Å². The van der Waals surface area contributed by atoms with Crippen LogP contribution in [0.3, 0.4) is 0 Å². The highest BCUT2D eigenvalue weighted by Gasteiger charge is 2.24. The molecular formula is C21H25NO4S. The Hall–Kier alpha value is -2.31. The van der Waals surface area contributed by atoms with Gasteiger partial charge >= 0.3 is 0 Å². The number of ether oxygens (including phenoxy) is 3. The van der Waals surface area contributed by atoms with Gasteiger partial charge in [0, 0.05) is 19.7 Å². The van der Waals surface area contributed by atoms with Gasteiger partial charge in [0.1, 0.15) is 6.61 Å². The molecule has 0 N–H and O–H groups in total. The first-order valence-electron chi connectivity index (χ1n) is 9.06. The van der Waals surface area contributed by atoms with Crippen molar-refractivity contribution < 1.29 is 19.0 Å². The fraction of sp³-hybridized carbons (Fsp3) is 0.381. The predicted octanol–water partition coefficient (Wildman–Crippen LogP) is 4.14. The average Bonchev–Trinajstić information content (AvgIpc) is 3.39. The van der Waals surface area contributed by atoms with Gasteiger partial charge in [0.25, 0.3) is 5.91 Å². The Morgan fingerprint density at radius 2 is 2.30 bits per heavy atom. The molecule has 27 heavy (non-hydrogen) atoms. The number of amides is 1. The van der Waals surface area contributed by atoms with Crippen LogP contribution in [-0.4, -0.2) is 43.8 Å². The van der Waals surface area contributed by atoms with E-state index in [1.54, 1.807) is 13.2 Å². The maximum Gasteiger partial charge on any atom is 0.264 e. The van der Waals surface area contributed by atoms with Crippen molar-refractivity contribution in [3.8, 4) is 11.5 Å². The van der Waals surface area contributed by atoms with E-state index in [1.165, 1.54) is 11.3 Å². The van der Waals surface area contributed by atoms with Crippen molar-refractivity contribution >= 4 is 17.2 Å². The van der Waals surface area contributed by atoms with Gasteiger partial charge in [-0.15, -0.1) is 11.3 Å². The average molecular weight is 388 g/mol. The fourth-order valence-electron chi connectivity index (χ4n) is 3.11. The summed E-state index contributed by atoms with van der Waals surface area (Å²) in [6, 6.07) is 9.52. The van der Waals surface area contributed by atoms with Crippen LogP contribution in [0.25, 0.3) is 0 Å². The molecule has 1 aliphatic heterocycles. The van der Waals surface area contributed by atoms with E-state index in [-0.39, 0.29) is 12.0 Å². The third-order valence-electron chi connectivity index (χ3n) is 4.43. The van der Waals surface area contributed by atoms with Gasteiger partial charge in [-0.25, -0.2) is 0 Å². The van der Waals surface area contributed by atoms with Crippen LogP contribution < -0.4 is 9.47 Å². The van der Waals surface area contributed by atoms with Crippen molar-refractivity contribution in [3.63, 3.8) is 0 Å². The number of methoxy groups -OCH3 is 1. The summed E-state index contributed by atoms with van der Waals surface area (Å²) in [5, 5.41) is 1.92. The number of hydrogen-bond donors (Lipinski definition) is 0. The van der Waals surface area contributed by atoms with E-state index in [0.29, 0.717) is 31.2 Å². The molecule has 1 aromatic carbocycles. The maximum absolute atomic E-state index is 13.0. The Bertz CT molecular complexity index is 754. The van der Waals surface area contributed by atoms with Gasteiger partial charge in [0.15, 0.2) is 11.5 Å². The molecule has 1 aliphatic rings. The Kier molecular flexibility index (Phi) is 6.90. The number of nitrogens with zero attached hydrogens (tertiary/aromatic N) is 1. The van der Waals surface area contributed by atoms with Crippen molar-refractivity contribution in [2.45, 2.75) is 25.5 Å². The first-order chi connectivity index (χ1) is 13.2.